The second-order valence-corrected chi connectivity index (χ2v) is 9.92. The van der Waals surface area contributed by atoms with Gasteiger partial charge in [-0.3, -0.25) is 9.20 Å². The van der Waals surface area contributed by atoms with Crippen LogP contribution in [-0.2, 0) is 12.2 Å². The number of hydrogen-bond acceptors (Lipinski definition) is 6. The molecule has 0 atom stereocenters. The van der Waals surface area contributed by atoms with Gasteiger partial charge < -0.3 is 0 Å². The number of fused-ring (bicyclic) bond motifs is 2. The minimum Gasteiger partial charge on any atom is -0.269 e. The van der Waals surface area contributed by atoms with E-state index in [1.165, 1.54) is 16.2 Å². The van der Waals surface area contributed by atoms with Gasteiger partial charge in [-0.2, -0.15) is 4.98 Å². The van der Waals surface area contributed by atoms with Crippen LogP contribution in [0.2, 0.25) is 5.02 Å². The van der Waals surface area contributed by atoms with Crippen LogP contribution in [-0.4, -0.2) is 29.0 Å². The second kappa shape index (κ2) is 8.89. The molecule has 7 nitrogen and oxygen atoms in total. The predicted molar refractivity (Wildman–Crippen MR) is 133 cm³/mol. The Hall–Kier alpha value is -2.75. The molecule has 10 heteroatoms. The van der Waals surface area contributed by atoms with Crippen LogP contribution in [0.5, 0.6) is 0 Å². The van der Waals surface area contributed by atoms with Crippen molar-refractivity contribution in [1.29, 1.82) is 0 Å². The van der Waals surface area contributed by atoms with Gasteiger partial charge >= 0.3 is 0 Å². The van der Waals surface area contributed by atoms with Gasteiger partial charge in [-0.15, -0.1) is 5.10 Å². The van der Waals surface area contributed by atoms with Crippen LogP contribution in [0.1, 0.15) is 28.2 Å². The van der Waals surface area contributed by atoms with E-state index in [9.17, 15) is 4.79 Å². The minimum atomic E-state index is -0.126. The highest BCUT2D eigenvalue weighted by Crippen LogP contribution is 2.23. The molecule has 1 aromatic carbocycles. The highest BCUT2D eigenvalue weighted by Gasteiger charge is 2.15. The maximum absolute atomic E-state index is 12.4. The van der Waals surface area contributed by atoms with Crippen LogP contribution in [0.3, 0.4) is 0 Å². The Morgan fingerprint density at radius 1 is 1.09 bits per heavy atom. The van der Waals surface area contributed by atoms with Gasteiger partial charge in [-0.25, -0.2) is 14.5 Å². The number of hydrogen-bond donors (Lipinski definition) is 0. The third-order valence-corrected chi connectivity index (χ3v) is 6.90. The molecule has 5 rings (SSSR count). The Morgan fingerprint density at radius 2 is 1.94 bits per heavy atom. The maximum atomic E-state index is 12.4. The summed E-state index contributed by atoms with van der Waals surface area (Å²) in [5.74, 6) is 1.03. The van der Waals surface area contributed by atoms with Gasteiger partial charge in [-0.05, 0) is 65.2 Å². The van der Waals surface area contributed by atoms with Gasteiger partial charge in [0, 0.05) is 45.3 Å². The van der Waals surface area contributed by atoms with E-state index in [1.807, 2.05) is 38.1 Å². The number of aromatic nitrogens is 6. The van der Waals surface area contributed by atoms with Crippen molar-refractivity contribution in [3.8, 4) is 0 Å². The standard InChI is InChI=1S/C23H18BrClN6OS/c1-13-19(9-15-4-3-5-17(25)8-15)14(2)31-22(26-13)28-23(29-31)33-12-18-10-21(32)30-11-16(24)6-7-20(30)27-18/h3-8,10-11H,9,12H2,1-2H3. The summed E-state index contributed by atoms with van der Waals surface area (Å²) >= 11 is 11.0. The highest BCUT2D eigenvalue weighted by atomic mass is 79.9. The molecule has 166 valence electrons. The maximum Gasteiger partial charge on any atom is 0.258 e. The number of thioether (sulfide) groups is 1. The van der Waals surface area contributed by atoms with Crippen LogP contribution in [0.25, 0.3) is 11.4 Å². The lowest BCUT2D eigenvalue weighted by atomic mass is 10.0. The molecular weight excluding hydrogens is 524 g/mol. The van der Waals surface area contributed by atoms with Gasteiger partial charge in [0.15, 0.2) is 0 Å². The second-order valence-electron chi connectivity index (χ2n) is 7.62. The molecule has 0 spiro atoms. The SMILES string of the molecule is Cc1nc2nc(SCc3cc(=O)n4cc(Br)ccc4n3)nn2c(C)c1Cc1cccc(Cl)c1. The molecule has 0 radical (unpaired) electrons. The molecule has 0 aliphatic rings. The molecular formula is C23H18BrClN6OS. The van der Waals surface area contributed by atoms with E-state index in [2.05, 4.69) is 42.0 Å². The molecule has 4 aromatic heterocycles. The molecule has 5 aromatic rings. The number of aryl methyl sites for hydroxylation is 2. The summed E-state index contributed by atoms with van der Waals surface area (Å²) in [6.07, 6.45) is 2.42. The van der Waals surface area contributed by atoms with Crippen molar-refractivity contribution in [3.05, 3.63) is 96.7 Å². The van der Waals surface area contributed by atoms with Crippen molar-refractivity contribution >= 4 is 50.7 Å². The first-order chi connectivity index (χ1) is 15.9. The van der Waals surface area contributed by atoms with E-state index >= 15 is 0 Å². The van der Waals surface area contributed by atoms with Crippen molar-refractivity contribution in [2.45, 2.75) is 31.2 Å². The number of nitrogens with zero attached hydrogens (tertiary/aromatic N) is 6. The fourth-order valence-corrected chi connectivity index (χ4v) is 4.96. The average molecular weight is 542 g/mol. The zero-order valence-electron chi connectivity index (χ0n) is 17.8. The molecule has 0 saturated carbocycles. The first-order valence-corrected chi connectivity index (χ1v) is 12.3. The van der Waals surface area contributed by atoms with Crippen LogP contribution < -0.4 is 5.56 Å². The van der Waals surface area contributed by atoms with Crippen molar-refractivity contribution in [2.75, 3.05) is 0 Å². The molecule has 0 unspecified atom stereocenters. The number of rotatable bonds is 5. The zero-order valence-corrected chi connectivity index (χ0v) is 20.9. The van der Waals surface area contributed by atoms with Gasteiger partial charge in [0.1, 0.15) is 5.65 Å². The highest BCUT2D eigenvalue weighted by molar-refractivity contribution is 9.10. The van der Waals surface area contributed by atoms with E-state index in [-0.39, 0.29) is 5.56 Å². The fourth-order valence-electron chi connectivity index (χ4n) is 3.70. The number of benzene rings is 1. The number of halogens is 2. The smallest absolute Gasteiger partial charge is 0.258 e. The monoisotopic (exact) mass is 540 g/mol. The Labute approximate surface area is 207 Å². The Bertz CT molecular complexity index is 1580. The molecule has 4 heterocycles. The van der Waals surface area contributed by atoms with Crippen molar-refractivity contribution in [1.82, 2.24) is 29.0 Å². The first kappa shape index (κ1) is 22.1. The zero-order chi connectivity index (χ0) is 23.1. The van der Waals surface area contributed by atoms with Gasteiger partial charge in [0.2, 0.25) is 5.16 Å². The summed E-state index contributed by atoms with van der Waals surface area (Å²) in [7, 11) is 0. The van der Waals surface area contributed by atoms with Gasteiger partial charge in [-0.1, -0.05) is 35.5 Å². The molecule has 0 bridgehead atoms. The molecule has 0 saturated heterocycles. The van der Waals surface area contributed by atoms with E-state index in [1.54, 1.807) is 22.8 Å². The van der Waals surface area contributed by atoms with Crippen molar-refractivity contribution < 1.29 is 0 Å². The van der Waals surface area contributed by atoms with Crippen molar-refractivity contribution in [3.63, 3.8) is 0 Å². The lowest BCUT2D eigenvalue weighted by Crippen LogP contribution is -2.15. The summed E-state index contributed by atoms with van der Waals surface area (Å²) in [6.45, 7) is 4.01. The Balaban J connectivity index is 1.42. The molecule has 0 aliphatic carbocycles. The third-order valence-electron chi connectivity index (χ3n) is 5.33. The predicted octanol–water partition coefficient (Wildman–Crippen LogP) is 5.05. The van der Waals surface area contributed by atoms with Crippen LogP contribution in [0.4, 0.5) is 0 Å². The van der Waals surface area contributed by atoms with Crippen LogP contribution in [0, 0.1) is 13.8 Å². The summed E-state index contributed by atoms with van der Waals surface area (Å²) in [5, 5.41) is 5.95. The first-order valence-electron chi connectivity index (χ1n) is 10.2. The summed E-state index contributed by atoms with van der Waals surface area (Å²) in [6, 6.07) is 13.0. The van der Waals surface area contributed by atoms with Crippen molar-refractivity contribution in [2.24, 2.45) is 0 Å². The lowest BCUT2D eigenvalue weighted by Gasteiger charge is -2.10. The summed E-state index contributed by atoms with van der Waals surface area (Å²) in [4.78, 5) is 26.2. The van der Waals surface area contributed by atoms with E-state index in [4.69, 9.17) is 11.6 Å². The van der Waals surface area contributed by atoms with E-state index in [0.717, 1.165) is 27.0 Å². The quantitative estimate of drug-likeness (QED) is 0.290. The summed E-state index contributed by atoms with van der Waals surface area (Å²) in [5.41, 5.74) is 5.27. The lowest BCUT2D eigenvalue weighted by molar-refractivity contribution is 0.823. The Kier molecular flexibility index (Phi) is 5.94. The molecule has 0 amide bonds. The topological polar surface area (TPSA) is 77.5 Å². The summed E-state index contributed by atoms with van der Waals surface area (Å²) < 4.78 is 4.11. The fraction of sp³-hybridized carbons (Fsp3) is 0.174. The normalized spacial score (nSPS) is 11.5. The van der Waals surface area contributed by atoms with Gasteiger partial charge in [0.05, 0.1) is 5.69 Å². The largest absolute Gasteiger partial charge is 0.269 e. The third kappa shape index (κ3) is 4.53. The van der Waals surface area contributed by atoms with E-state index < -0.39 is 0 Å². The molecule has 0 N–H and O–H groups in total. The minimum absolute atomic E-state index is 0.126. The molecule has 0 fully saturated rings. The Morgan fingerprint density at radius 3 is 2.76 bits per heavy atom. The molecule has 0 aliphatic heterocycles. The van der Waals surface area contributed by atoms with E-state index in [0.29, 0.717) is 39.5 Å². The van der Waals surface area contributed by atoms with Crippen LogP contribution in [0.15, 0.2) is 63.1 Å². The average Bonchev–Trinajstić information content (AvgIpc) is 3.19. The number of pyridine rings is 1. The molecule has 33 heavy (non-hydrogen) atoms. The van der Waals surface area contributed by atoms with Gasteiger partial charge in [0.25, 0.3) is 11.3 Å². The van der Waals surface area contributed by atoms with Crippen LogP contribution >= 0.6 is 39.3 Å².